The van der Waals surface area contributed by atoms with Crippen molar-refractivity contribution in [3.63, 3.8) is 0 Å². The SMILES string of the molecule is COc1cc2c(cc1OS(=O)(=O)c1ccc(F)c(F)c1)CCC1C2CCC2(C)C(OSc3ccc(F)c(F)c3)CCC12. The Hall–Kier alpha value is -2.76. The molecule has 0 aliphatic heterocycles. The summed E-state index contributed by atoms with van der Waals surface area (Å²) in [6, 6.07) is 9.60. The van der Waals surface area contributed by atoms with Crippen molar-refractivity contribution in [2.24, 2.45) is 17.3 Å². The maximum Gasteiger partial charge on any atom is 0.339 e. The van der Waals surface area contributed by atoms with Gasteiger partial charge < -0.3 is 13.1 Å². The van der Waals surface area contributed by atoms with Gasteiger partial charge in [0.2, 0.25) is 0 Å². The molecule has 5 atom stereocenters. The third kappa shape index (κ3) is 5.17. The maximum absolute atomic E-state index is 13.7. The van der Waals surface area contributed by atoms with Crippen LogP contribution in [0.1, 0.15) is 56.1 Å². The highest BCUT2D eigenvalue weighted by atomic mass is 32.2. The standard InChI is InChI=1S/C31H30F4O5S2/c1-31-12-11-20-21(23(31)7-10-30(31)39-41-18-4-8-24(32)26(34)14-18)6-3-17-13-29(28(38-2)16-22(17)20)40-42(36,37)19-5-9-25(33)27(35)15-19/h4-5,8-9,13-16,20-21,23,30H,3,6-7,10-12H2,1-2H3. The summed E-state index contributed by atoms with van der Waals surface area (Å²) in [4.78, 5) is 0.0338. The molecule has 0 bridgehead atoms. The summed E-state index contributed by atoms with van der Waals surface area (Å²) >= 11 is 1.10. The first-order chi connectivity index (χ1) is 20.0. The molecule has 3 aromatic carbocycles. The summed E-state index contributed by atoms with van der Waals surface area (Å²) in [7, 11) is -3.00. The number of ether oxygens (including phenoxy) is 1. The maximum atomic E-state index is 13.7. The second kappa shape index (κ2) is 11.1. The minimum atomic E-state index is -4.43. The summed E-state index contributed by atoms with van der Waals surface area (Å²) in [5, 5.41) is 0. The largest absolute Gasteiger partial charge is 0.493 e. The smallest absolute Gasteiger partial charge is 0.339 e. The Labute approximate surface area is 246 Å². The van der Waals surface area contributed by atoms with Gasteiger partial charge in [-0.25, -0.2) is 17.6 Å². The summed E-state index contributed by atoms with van der Waals surface area (Å²) < 4.78 is 97.0. The number of methoxy groups -OCH3 is 1. The minimum absolute atomic E-state index is 0.00339. The van der Waals surface area contributed by atoms with Crippen molar-refractivity contribution in [3.8, 4) is 11.5 Å². The Morgan fingerprint density at radius 3 is 2.31 bits per heavy atom. The van der Waals surface area contributed by atoms with Gasteiger partial charge in [0.15, 0.2) is 34.8 Å². The van der Waals surface area contributed by atoms with E-state index in [1.54, 1.807) is 6.07 Å². The van der Waals surface area contributed by atoms with Crippen molar-refractivity contribution >= 4 is 22.2 Å². The van der Waals surface area contributed by atoms with Gasteiger partial charge in [-0.3, -0.25) is 0 Å². The molecule has 11 heteroatoms. The summed E-state index contributed by atoms with van der Waals surface area (Å²) in [6.45, 7) is 2.27. The molecule has 3 aliphatic rings. The second-order valence-corrected chi connectivity index (χ2v) is 14.0. The van der Waals surface area contributed by atoms with Crippen LogP contribution in [0.5, 0.6) is 11.5 Å². The quantitative estimate of drug-likeness (QED) is 0.151. The fraction of sp³-hybridized carbons (Fsp3) is 0.419. The molecule has 2 fully saturated rings. The van der Waals surface area contributed by atoms with E-state index in [4.69, 9.17) is 13.1 Å². The first-order valence-corrected chi connectivity index (χ1v) is 16.0. The fourth-order valence-electron chi connectivity index (χ4n) is 7.35. The number of halogens is 4. The molecule has 6 rings (SSSR count). The molecule has 3 aromatic rings. The number of rotatable bonds is 7. The molecule has 0 radical (unpaired) electrons. The van der Waals surface area contributed by atoms with Gasteiger partial charge in [-0.1, -0.05) is 6.92 Å². The first-order valence-electron chi connectivity index (χ1n) is 13.9. The highest BCUT2D eigenvalue weighted by Crippen LogP contribution is 2.62. The van der Waals surface area contributed by atoms with Crippen LogP contribution in [-0.4, -0.2) is 21.6 Å². The Kier molecular flexibility index (Phi) is 7.72. The lowest BCUT2D eigenvalue weighted by molar-refractivity contribution is -0.00291. The van der Waals surface area contributed by atoms with E-state index in [0.717, 1.165) is 86.0 Å². The fourth-order valence-corrected chi connectivity index (χ4v) is 9.12. The minimum Gasteiger partial charge on any atom is -0.493 e. The van der Waals surface area contributed by atoms with Crippen LogP contribution >= 0.6 is 12.0 Å². The van der Waals surface area contributed by atoms with Crippen molar-refractivity contribution in [1.82, 2.24) is 0 Å². The lowest BCUT2D eigenvalue weighted by Crippen LogP contribution is -2.44. The number of hydrogen-bond donors (Lipinski definition) is 0. The van der Waals surface area contributed by atoms with Crippen molar-refractivity contribution in [2.75, 3.05) is 7.11 Å². The van der Waals surface area contributed by atoms with Crippen LogP contribution in [0.3, 0.4) is 0 Å². The van der Waals surface area contributed by atoms with Gasteiger partial charge in [-0.2, -0.15) is 8.42 Å². The Morgan fingerprint density at radius 2 is 1.60 bits per heavy atom. The third-order valence-electron chi connectivity index (χ3n) is 9.45. The first kappa shape index (κ1) is 29.3. The summed E-state index contributed by atoms with van der Waals surface area (Å²) in [5.74, 6) is -2.88. The van der Waals surface area contributed by atoms with Crippen LogP contribution < -0.4 is 8.92 Å². The van der Waals surface area contributed by atoms with Gasteiger partial charge in [-0.15, -0.1) is 0 Å². The van der Waals surface area contributed by atoms with Crippen LogP contribution in [0.15, 0.2) is 58.3 Å². The Bertz CT molecular complexity index is 1630. The molecule has 2 saturated carbocycles. The van der Waals surface area contributed by atoms with Crippen LogP contribution in [0.4, 0.5) is 17.6 Å². The molecule has 0 spiro atoms. The third-order valence-corrected chi connectivity index (χ3v) is 11.5. The predicted molar refractivity (Wildman–Crippen MR) is 149 cm³/mol. The predicted octanol–water partition coefficient (Wildman–Crippen LogP) is 7.97. The molecule has 5 unspecified atom stereocenters. The zero-order chi connectivity index (χ0) is 29.8. The van der Waals surface area contributed by atoms with Gasteiger partial charge in [-0.05, 0) is 121 Å². The van der Waals surface area contributed by atoms with Gasteiger partial charge >= 0.3 is 10.1 Å². The number of benzene rings is 3. The number of aryl methyl sites for hydroxylation is 1. The van der Waals surface area contributed by atoms with Crippen LogP contribution in [0.2, 0.25) is 0 Å². The molecule has 0 saturated heterocycles. The molecule has 42 heavy (non-hydrogen) atoms. The van der Waals surface area contributed by atoms with E-state index in [-0.39, 0.29) is 28.9 Å². The number of fused-ring (bicyclic) bond motifs is 5. The zero-order valence-corrected chi connectivity index (χ0v) is 24.7. The monoisotopic (exact) mass is 622 g/mol. The molecule has 224 valence electrons. The van der Waals surface area contributed by atoms with Gasteiger partial charge in [0.05, 0.1) is 13.2 Å². The van der Waals surface area contributed by atoms with Crippen LogP contribution in [0.25, 0.3) is 0 Å². The van der Waals surface area contributed by atoms with Crippen molar-refractivity contribution in [1.29, 1.82) is 0 Å². The van der Waals surface area contributed by atoms with E-state index >= 15 is 0 Å². The average Bonchev–Trinajstić information content (AvgIpc) is 3.30. The molecule has 3 aliphatic carbocycles. The Balaban J connectivity index is 1.21. The normalized spacial score (nSPS) is 26.7. The van der Waals surface area contributed by atoms with E-state index in [1.165, 1.54) is 13.2 Å². The molecule has 0 N–H and O–H groups in total. The topological polar surface area (TPSA) is 61.8 Å². The number of hydrogen-bond acceptors (Lipinski definition) is 6. The van der Waals surface area contributed by atoms with E-state index < -0.39 is 38.3 Å². The lowest BCUT2D eigenvalue weighted by Gasteiger charge is -2.50. The zero-order valence-electron chi connectivity index (χ0n) is 23.0. The van der Waals surface area contributed by atoms with Crippen LogP contribution in [0, 0.1) is 40.5 Å². The van der Waals surface area contributed by atoms with Gasteiger partial charge in [0.1, 0.15) is 4.90 Å². The highest BCUT2D eigenvalue weighted by Gasteiger charge is 2.55. The Morgan fingerprint density at radius 1 is 0.857 bits per heavy atom. The van der Waals surface area contributed by atoms with Crippen LogP contribution in [-0.2, 0) is 20.7 Å². The lowest BCUT2D eigenvalue weighted by atomic mass is 9.55. The van der Waals surface area contributed by atoms with Crippen molar-refractivity contribution < 1.29 is 39.1 Å². The average molecular weight is 623 g/mol. The van der Waals surface area contributed by atoms with E-state index in [2.05, 4.69) is 6.92 Å². The summed E-state index contributed by atoms with van der Waals surface area (Å²) in [6.07, 6.45) is 5.34. The highest BCUT2D eigenvalue weighted by molar-refractivity contribution is 7.94. The molecular formula is C31H30F4O5S2. The van der Waals surface area contributed by atoms with Crippen molar-refractivity contribution in [2.45, 2.75) is 67.3 Å². The van der Waals surface area contributed by atoms with Crippen molar-refractivity contribution in [3.05, 3.63) is 82.9 Å². The summed E-state index contributed by atoms with van der Waals surface area (Å²) in [5.41, 5.74) is 2.04. The van der Waals surface area contributed by atoms with E-state index in [0.29, 0.717) is 22.8 Å². The van der Waals surface area contributed by atoms with Gasteiger partial charge in [0, 0.05) is 16.9 Å². The molecule has 0 amide bonds. The molecule has 0 aromatic heterocycles. The van der Waals surface area contributed by atoms with Gasteiger partial charge in [0.25, 0.3) is 0 Å². The van der Waals surface area contributed by atoms with E-state index in [9.17, 15) is 26.0 Å². The molecular weight excluding hydrogens is 592 g/mol. The second-order valence-electron chi connectivity index (χ2n) is 11.6. The molecule has 0 heterocycles. The molecule has 5 nitrogen and oxygen atoms in total. The van der Waals surface area contributed by atoms with E-state index in [1.807, 2.05) is 6.07 Å².